The summed E-state index contributed by atoms with van der Waals surface area (Å²) in [7, 11) is 1.36. The van der Waals surface area contributed by atoms with Crippen molar-refractivity contribution in [3.63, 3.8) is 0 Å². The molecule has 0 bridgehead atoms. The molecule has 9 heteroatoms. The molecule has 1 amide bonds. The van der Waals surface area contributed by atoms with Crippen LogP contribution in [0.1, 0.15) is 11.1 Å². The van der Waals surface area contributed by atoms with Gasteiger partial charge in [0.15, 0.2) is 6.10 Å². The lowest BCUT2D eigenvalue weighted by Gasteiger charge is -2.27. The fraction of sp³-hybridized carbons (Fsp3) is 0.259. The number of rotatable bonds is 11. The summed E-state index contributed by atoms with van der Waals surface area (Å²) in [5.74, 6) is -1.50. The van der Waals surface area contributed by atoms with Gasteiger partial charge in [-0.25, -0.2) is 4.79 Å². The van der Waals surface area contributed by atoms with Crippen LogP contribution in [-0.4, -0.2) is 54.1 Å². The Hall–Kier alpha value is -2.94. The maximum Gasteiger partial charge on any atom is 0.338 e. The van der Waals surface area contributed by atoms with Crippen LogP contribution in [0, 0.1) is 0 Å². The van der Waals surface area contributed by atoms with Crippen LogP contribution in [-0.2, 0) is 32.1 Å². The zero-order valence-corrected chi connectivity index (χ0v) is 21.1. The zero-order valence-electron chi connectivity index (χ0n) is 19.6. The van der Waals surface area contributed by atoms with Crippen molar-refractivity contribution in [3.8, 4) is 11.1 Å². The van der Waals surface area contributed by atoms with Crippen molar-refractivity contribution in [1.82, 2.24) is 5.32 Å². The van der Waals surface area contributed by atoms with Gasteiger partial charge in [-0.1, -0.05) is 77.8 Å². The molecule has 0 aliphatic heterocycles. The van der Waals surface area contributed by atoms with Crippen molar-refractivity contribution >= 4 is 35.1 Å². The first-order valence-corrected chi connectivity index (χ1v) is 11.9. The Morgan fingerprint density at radius 2 is 1.53 bits per heavy atom. The minimum atomic E-state index is -1.87. The van der Waals surface area contributed by atoms with Crippen LogP contribution in [0.4, 0.5) is 0 Å². The van der Waals surface area contributed by atoms with E-state index in [1.54, 1.807) is 42.5 Å². The lowest BCUT2D eigenvalue weighted by Crippen LogP contribution is -2.53. The van der Waals surface area contributed by atoms with Crippen LogP contribution in [0.3, 0.4) is 0 Å². The highest BCUT2D eigenvalue weighted by Gasteiger charge is 2.33. The predicted molar refractivity (Wildman–Crippen MR) is 138 cm³/mol. The molecule has 3 atom stereocenters. The number of nitrogens with one attached hydrogen (secondary N) is 1. The van der Waals surface area contributed by atoms with E-state index in [0.29, 0.717) is 10.0 Å². The molecule has 0 saturated carbocycles. The van der Waals surface area contributed by atoms with E-state index < -0.39 is 30.1 Å². The Labute approximate surface area is 219 Å². The minimum absolute atomic E-state index is 0.0564. The number of hydrogen-bond acceptors (Lipinski definition) is 6. The number of ether oxygens (including phenoxy) is 2. The van der Waals surface area contributed by atoms with Crippen LogP contribution in [0.15, 0.2) is 72.8 Å². The Balaban J connectivity index is 1.71. The summed E-state index contributed by atoms with van der Waals surface area (Å²) in [5.41, 5.74) is 3.19. The molecule has 0 saturated heterocycles. The van der Waals surface area contributed by atoms with Gasteiger partial charge < -0.3 is 25.0 Å². The van der Waals surface area contributed by atoms with Gasteiger partial charge in [-0.3, -0.25) is 4.79 Å². The molecule has 190 valence electrons. The van der Waals surface area contributed by atoms with Gasteiger partial charge in [-0.2, -0.15) is 0 Å². The average Bonchev–Trinajstić information content (AvgIpc) is 2.86. The van der Waals surface area contributed by atoms with Gasteiger partial charge in [0.25, 0.3) is 0 Å². The summed E-state index contributed by atoms with van der Waals surface area (Å²) in [6, 6.07) is 20.5. The lowest BCUT2D eigenvalue weighted by atomic mass is 9.96. The van der Waals surface area contributed by atoms with Crippen molar-refractivity contribution in [3.05, 3.63) is 94.0 Å². The fourth-order valence-electron chi connectivity index (χ4n) is 3.62. The largest absolute Gasteiger partial charge is 0.459 e. The number of methoxy groups -OCH3 is 1. The van der Waals surface area contributed by atoms with Crippen LogP contribution in [0.2, 0.25) is 10.0 Å². The van der Waals surface area contributed by atoms with Gasteiger partial charge >= 0.3 is 5.97 Å². The monoisotopic (exact) mass is 531 g/mol. The molecular weight excluding hydrogens is 505 g/mol. The second-order valence-electron chi connectivity index (χ2n) is 8.19. The molecule has 3 rings (SSSR count). The molecule has 3 aromatic rings. The van der Waals surface area contributed by atoms with Crippen LogP contribution >= 0.6 is 23.2 Å². The zero-order chi connectivity index (χ0) is 26.1. The fourth-order valence-corrected chi connectivity index (χ4v) is 4.14. The summed E-state index contributed by atoms with van der Waals surface area (Å²) >= 11 is 12.2. The van der Waals surface area contributed by atoms with Gasteiger partial charge in [-0.05, 0) is 46.9 Å². The standard InChI is InChI=1S/C27H27Cl2NO6/c1-35-16-24(31)30-23(25(32)26(33)27(34)36-15-18-5-3-2-4-6-18)11-17-7-9-19(10-8-17)20-12-21(28)14-22(29)13-20/h2-10,12-14,23,25-26,32-33H,11,15-16H2,1H3,(H,30,31). The van der Waals surface area contributed by atoms with E-state index in [1.165, 1.54) is 7.11 Å². The average molecular weight is 532 g/mol. The lowest BCUT2D eigenvalue weighted by molar-refractivity contribution is -0.162. The summed E-state index contributed by atoms with van der Waals surface area (Å²) in [6.45, 7) is -0.300. The molecule has 3 unspecified atom stereocenters. The molecule has 0 aromatic heterocycles. The van der Waals surface area contributed by atoms with Crippen LogP contribution in [0.25, 0.3) is 11.1 Å². The van der Waals surface area contributed by atoms with Crippen molar-refractivity contribution < 1.29 is 29.3 Å². The number of amides is 1. The highest BCUT2D eigenvalue weighted by Crippen LogP contribution is 2.27. The summed E-state index contributed by atoms with van der Waals surface area (Å²) in [5, 5.41) is 24.9. The molecule has 0 aliphatic carbocycles. The molecule has 0 heterocycles. The van der Waals surface area contributed by atoms with Crippen molar-refractivity contribution in [1.29, 1.82) is 0 Å². The third-order valence-electron chi connectivity index (χ3n) is 5.43. The number of carbonyl (C=O) groups excluding carboxylic acids is 2. The van der Waals surface area contributed by atoms with Gasteiger partial charge in [0, 0.05) is 17.2 Å². The molecule has 7 nitrogen and oxygen atoms in total. The highest BCUT2D eigenvalue weighted by molar-refractivity contribution is 6.35. The summed E-state index contributed by atoms with van der Waals surface area (Å²) < 4.78 is 9.98. The topological polar surface area (TPSA) is 105 Å². The quantitative estimate of drug-likeness (QED) is 0.325. The highest BCUT2D eigenvalue weighted by atomic mass is 35.5. The maximum absolute atomic E-state index is 12.4. The number of benzene rings is 3. The number of aliphatic hydroxyl groups excluding tert-OH is 2. The molecule has 3 aromatic carbocycles. The molecular formula is C27H27Cl2NO6. The third-order valence-corrected chi connectivity index (χ3v) is 5.86. The van der Waals surface area contributed by atoms with Crippen molar-refractivity contribution in [2.45, 2.75) is 31.3 Å². The summed E-state index contributed by atoms with van der Waals surface area (Å²) in [4.78, 5) is 24.6. The smallest absolute Gasteiger partial charge is 0.338 e. The van der Waals surface area contributed by atoms with E-state index in [0.717, 1.165) is 22.3 Å². The number of halogens is 2. The second-order valence-corrected chi connectivity index (χ2v) is 9.07. The summed E-state index contributed by atoms with van der Waals surface area (Å²) in [6.07, 6.45) is -3.36. The Morgan fingerprint density at radius 1 is 0.889 bits per heavy atom. The number of esters is 1. The number of hydrogen-bond donors (Lipinski definition) is 3. The van der Waals surface area contributed by atoms with Gasteiger partial charge in [-0.15, -0.1) is 0 Å². The van der Waals surface area contributed by atoms with E-state index in [4.69, 9.17) is 32.7 Å². The number of aliphatic hydroxyl groups is 2. The van der Waals surface area contributed by atoms with Gasteiger partial charge in [0.05, 0.1) is 6.04 Å². The first kappa shape index (κ1) is 27.6. The predicted octanol–water partition coefficient (Wildman–Crippen LogP) is 3.80. The third kappa shape index (κ3) is 8.05. The van der Waals surface area contributed by atoms with E-state index in [9.17, 15) is 19.8 Å². The second kappa shape index (κ2) is 13.4. The van der Waals surface area contributed by atoms with Crippen molar-refractivity contribution in [2.75, 3.05) is 13.7 Å². The Morgan fingerprint density at radius 3 is 2.14 bits per heavy atom. The molecule has 0 fully saturated rings. The van der Waals surface area contributed by atoms with Crippen LogP contribution < -0.4 is 5.32 Å². The number of carbonyl (C=O) groups is 2. The molecule has 0 aliphatic rings. The van der Waals surface area contributed by atoms with Crippen molar-refractivity contribution in [2.24, 2.45) is 0 Å². The van der Waals surface area contributed by atoms with E-state index in [1.807, 2.05) is 30.3 Å². The minimum Gasteiger partial charge on any atom is -0.459 e. The molecule has 0 spiro atoms. The van der Waals surface area contributed by atoms with Crippen LogP contribution in [0.5, 0.6) is 0 Å². The first-order valence-electron chi connectivity index (χ1n) is 11.2. The van der Waals surface area contributed by atoms with Gasteiger partial charge in [0.1, 0.15) is 19.3 Å². The molecule has 36 heavy (non-hydrogen) atoms. The van der Waals surface area contributed by atoms with E-state index >= 15 is 0 Å². The SMILES string of the molecule is COCC(=O)NC(Cc1ccc(-c2cc(Cl)cc(Cl)c2)cc1)C(O)C(O)C(=O)OCc1ccccc1. The van der Waals surface area contributed by atoms with E-state index in [-0.39, 0.29) is 19.6 Å². The first-order chi connectivity index (χ1) is 17.3. The normalized spacial score (nSPS) is 13.5. The Kier molecular flexibility index (Phi) is 10.3. The molecule has 3 N–H and O–H groups in total. The molecule has 0 radical (unpaired) electrons. The Bertz CT molecular complexity index is 1140. The maximum atomic E-state index is 12.4. The van der Waals surface area contributed by atoms with Gasteiger partial charge in [0.2, 0.25) is 5.91 Å². The van der Waals surface area contributed by atoms with E-state index in [2.05, 4.69) is 5.32 Å².